The molecule has 0 spiro atoms. The molecule has 0 unspecified atom stereocenters. The first-order valence-electron chi connectivity index (χ1n) is 6.81. The van der Waals surface area contributed by atoms with Crippen molar-refractivity contribution in [2.45, 2.75) is 39.0 Å². The fourth-order valence-electron chi connectivity index (χ4n) is 2.40. The number of hydrogen-bond donors (Lipinski definition) is 0. The van der Waals surface area contributed by atoms with Crippen molar-refractivity contribution in [1.29, 1.82) is 0 Å². The summed E-state index contributed by atoms with van der Waals surface area (Å²) in [5, 5.41) is 0. The summed E-state index contributed by atoms with van der Waals surface area (Å²) in [6.07, 6.45) is 15.9. The van der Waals surface area contributed by atoms with E-state index in [1.807, 2.05) is 0 Å². The highest BCUT2D eigenvalue weighted by Crippen LogP contribution is 2.15. The molecule has 0 N–H and O–H groups in total. The smallest absolute Gasteiger partial charge is 0.0881 e. The maximum Gasteiger partial charge on any atom is 0.0881 e. The third-order valence-corrected chi connectivity index (χ3v) is 3.40. The van der Waals surface area contributed by atoms with Gasteiger partial charge in [-0.3, -0.25) is 0 Å². The third-order valence-electron chi connectivity index (χ3n) is 3.40. The van der Waals surface area contributed by atoms with Gasteiger partial charge in [0.05, 0.1) is 27.2 Å². The second-order valence-electron chi connectivity index (χ2n) is 5.69. The zero-order valence-electron chi connectivity index (χ0n) is 11.3. The Kier molecular flexibility index (Phi) is 5.83. The van der Waals surface area contributed by atoms with Gasteiger partial charge in [-0.2, -0.15) is 0 Å². The van der Waals surface area contributed by atoms with E-state index in [1.165, 1.54) is 45.2 Å². The SMILES string of the molecule is CCCCCCC[N+](C)(C)CC1C=CC=C1. The normalized spacial score (nSPS) is 16.2. The van der Waals surface area contributed by atoms with Gasteiger partial charge in [-0.15, -0.1) is 0 Å². The van der Waals surface area contributed by atoms with Gasteiger partial charge in [0.15, 0.2) is 0 Å². The summed E-state index contributed by atoms with van der Waals surface area (Å²) in [5.74, 6) is 0.672. The lowest BCUT2D eigenvalue weighted by molar-refractivity contribution is -0.892. The van der Waals surface area contributed by atoms with Crippen LogP contribution in [0.4, 0.5) is 0 Å². The van der Waals surface area contributed by atoms with E-state index in [2.05, 4.69) is 45.3 Å². The molecular weight excluding hydrogens is 194 g/mol. The minimum absolute atomic E-state index is 0.672. The van der Waals surface area contributed by atoms with Crippen LogP contribution in [0.2, 0.25) is 0 Å². The van der Waals surface area contributed by atoms with Crippen LogP contribution in [0.1, 0.15) is 39.0 Å². The van der Waals surface area contributed by atoms with Gasteiger partial charge in [0.2, 0.25) is 0 Å². The standard InChI is InChI=1S/C15H28N/c1-4-5-6-7-10-13-16(2,3)14-15-11-8-9-12-15/h8-9,11-12,15H,4-7,10,13-14H2,1-3H3/q+1. The van der Waals surface area contributed by atoms with Crippen LogP contribution in [0.5, 0.6) is 0 Å². The predicted molar refractivity (Wildman–Crippen MR) is 72.4 cm³/mol. The van der Waals surface area contributed by atoms with Gasteiger partial charge in [0.1, 0.15) is 0 Å². The Bertz CT molecular complexity index is 226. The summed E-state index contributed by atoms with van der Waals surface area (Å²) in [5.41, 5.74) is 0. The summed E-state index contributed by atoms with van der Waals surface area (Å²) in [7, 11) is 4.72. The Balaban J connectivity index is 2.13. The van der Waals surface area contributed by atoms with Crippen LogP contribution in [0.3, 0.4) is 0 Å². The molecule has 0 heterocycles. The number of hydrogen-bond acceptors (Lipinski definition) is 0. The zero-order chi connectivity index (χ0) is 11.9. The molecule has 0 aliphatic heterocycles. The predicted octanol–water partition coefficient (Wildman–Crippen LogP) is 3.78. The Labute approximate surface area is 101 Å². The largest absolute Gasteiger partial charge is 0.328 e. The lowest BCUT2D eigenvalue weighted by atomic mass is 10.1. The van der Waals surface area contributed by atoms with E-state index in [1.54, 1.807) is 0 Å². The van der Waals surface area contributed by atoms with Crippen molar-refractivity contribution in [3.8, 4) is 0 Å². The molecule has 0 bridgehead atoms. The van der Waals surface area contributed by atoms with Gasteiger partial charge in [-0.25, -0.2) is 0 Å². The fourth-order valence-corrected chi connectivity index (χ4v) is 2.40. The van der Waals surface area contributed by atoms with Crippen LogP contribution in [-0.4, -0.2) is 31.7 Å². The molecule has 16 heavy (non-hydrogen) atoms. The van der Waals surface area contributed by atoms with Gasteiger partial charge in [-0.1, -0.05) is 50.5 Å². The van der Waals surface area contributed by atoms with Gasteiger partial charge >= 0.3 is 0 Å². The molecule has 1 aliphatic rings. The van der Waals surface area contributed by atoms with Crippen molar-refractivity contribution in [1.82, 2.24) is 0 Å². The molecule has 0 saturated carbocycles. The minimum atomic E-state index is 0.672. The van der Waals surface area contributed by atoms with Crippen LogP contribution in [-0.2, 0) is 0 Å². The van der Waals surface area contributed by atoms with Gasteiger partial charge < -0.3 is 4.48 Å². The monoisotopic (exact) mass is 222 g/mol. The molecule has 0 saturated heterocycles. The quantitative estimate of drug-likeness (QED) is 0.433. The molecule has 0 amide bonds. The summed E-state index contributed by atoms with van der Waals surface area (Å²) in [6, 6.07) is 0. The molecule has 0 aromatic carbocycles. The maximum absolute atomic E-state index is 2.36. The van der Waals surface area contributed by atoms with Gasteiger partial charge in [0.25, 0.3) is 0 Å². The fraction of sp³-hybridized carbons (Fsp3) is 0.733. The second-order valence-corrected chi connectivity index (χ2v) is 5.69. The van der Waals surface area contributed by atoms with Crippen molar-refractivity contribution in [3.05, 3.63) is 24.3 Å². The number of rotatable bonds is 8. The first kappa shape index (κ1) is 13.5. The minimum Gasteiger partial charge on any atom is -0.328 e. The summed E-state index contributed by atoms with van der Waals surface area (Å²) in [6.45, 7) is 4.85. The first-order valence-corrected chi connectivity index (χ1v) is 6.81. The van der Waals surface area contributed by atoms with Crippen molar-refractivity contribution in [3.63, 3.8) is 0 Å². The molecule has 1 nitrogen and oxygen atoms in total. The highest BCUT2D eigenvalue weighted by molar-refractivity contribution is 5.17. The molecule has 0 fully saturated rings. The number of quaternary nitrogens is 1. The molecular formula is C15H28N+. The Morgan fingerprint density at radius 3 is 2.19 bits per heavy atom. The van der Waals surface area contributed by atoms with Crippen LogP contribution < -0.4 is 0 Å². The molecule has 1 rings (SSSR count). The van der Waals surface area contributed by atoms with Crippen LogP contribution in [0, 0.1) is 5.92 Å². The van der Waals surface area contributed by atoms with E-state index in [4.69, 9.17) is 0 Å². The molecule has 0 aromatic rings. The van der Waals surface area contributed by atoms with Gasteiger partial charge in [0, 0.05) is 5.92 Å². The molecule has 1 heteroatoms. The molecule has 0 radical (unpaired) electrons. The maximum atomic E-state index is 2.36. The lowest BCUT2D eigenvalue weighted by Crippen LogP contribution is -2.43. The van der Waals surface area contributed by atoms with E-state index >= 15 is 0 Å². The van der Waals surface area contributed by atoms with E-state index < -0.39 is 0 Å². The first-order chi connectivity index (χ1) is 7.64. The topological polar surface area (TPSA) is 0 Å². The van der Waals surface area contributed by atoms with Crippen LogP contribution >= 0.6 is 0 Å². The molecule has 92 valence electrons. The van der Waals surface area contributed by atoms with E-state index in [-0.39, 0.29) is 0 Å². The van der Waals surface area contributed by atoms with Crippen molar-refractivity contribution < 1.29 is 4.48 Å². The van der Waals surface area contributed by atoms with Crippen LogP contribution in [0.25, 0.3) is 0 Å². The summed E-state index contributed by atoms with van der Waals surface area (Å²) >= 11 is 0. The Hall–Kier alpha value is -0.560. The highest BCUT2D eigenvalue weighted by Gasteiger charge is 2.19. The summed E-state index contributed by atoms with van der Waals surface area (Å²) < 4.78 is 1.16. The average Bonchev–Trinajstić information content (AvgIpc) is 2.69. The molecule has 1 aliphatic carbocycles. The van der Waals surface area contributed by atoms with Crippen molar-refractivity contribution >= 4 is 0 Å². The Morgan fingerprint density at radius 1 is 0.938 bits per heavy atom. The van der Waals surface area contributed by atoms with Crippen LogP contribution in [0.15, 0.2) is 24.3 Å². The Morgan fingerprint density at radius 2 is 1.56 bits per heavy atom. The second kappa shape index (κ2) is 6.90. The van der Waals surface area contributed by atoms with Crippen molar-refractivity contribution in [2.24, 2.45) is 5.92 Å². The van der Waals surface area contributed by atoms with E-state index in [9.17, 15) is 0 Å². The zero-order valence-corrected chi connectivity index (χ0v) is 11.3. The van der Waals surface area contributed by atoms with E-state index in [0.29, 0.717) is 5.92 Å². The number of nitrogens with zero attached hydrogens (tertiary/aromatic N) is 1. The molecule has 0 aromatic heterocycles. The van der Waals surface area contributed by atoms with Crippen molar-refractivity contribution in [2.75, 3.05) is 27.2 Å². The number of allylic oxidation sites excluding steroid dienone is 2. The average molecular weight is 222 g/mol. The van der Waals surface area contributed by atoms with Gasteiger partial charge in [-0.05, 0) is 12.8 Å². The number of unbranched alkanes of at least 4 members (excludes halogenated alkanes) is 4. The van der Waals surface area contributed by atoms with E-state index in [0.717, 1.165) is 4.48 Å². The summed E-state index contributed by atoms with van der Waals surface area (Å²) in [4.78, 5) is 0. The highest BCUT2D eigenvalue weighted by atomic mass is 15.3. The lowest BCUT2D eigenvalue weighted by Gasteiger charge is -2.31. The third kappa shape index (κ3) is 5.50. The molecule has 0 atom stereocenters.